The Bertz CT molecular complexity index is 687. The highest BCUT2D eigenvalue weighted by molar-refractivity contribution is 7.50. The van der Waals surface area contributed by atoms with Gasteiger partial charge < -0.3 is 20.0 Å². The van der Waals surface area contributed by atoms with Crippen molar-refractivity contribution in [1.82, 2.24) is 0 Å². The van der Waals surface area contributed by atoms with Crippen LogP contribution in [0.1, 0.15) is 31.2 Å². The molecule has 6 nitrogen and oxygen atoms in total. The molecule has 7 heteroatoms. The number of nitrogens with zero attached hydrogens (tertiary/aromatic N) is 1. The quantitative estimate of drug-likeness (QED) is 0.615. The summed E-state index contributed by atoms with van der Waals surface area (Å²) in [5.41, 5.74) is 1.17. The second-order valence-corrected chi connectivity index (χ2v) is 6.70. The molecular formula is C16H20NO5P. The monoisotopic (exact) mass is 337 g/mol. The van der Waals surface area contributed by atoms with Gasteiger partial charge in [0.15, 0.2) is 0 Å². The van der Waals surface area contributed by atoms with Gasteiger partial charge in [0.2, 0.25) is 0 Å². The first kappa shape index (κ1) is 17.5. The Balaban J connectivity index is 2.28. The Morgan fingerprint density at radius 3 is 2.43 bits per heavy atom. The summed E-state index contributed by atoms with van der Waals surface area (Å²) >= 11 is 0. The molecule has 0 saturated carbocycles. The molecule has 0 fully saturated rings. The Morgan fingerprint density at radius 1 is 1.22 bits per heavy atom. The molecule has 0 radical (unpaired) electrons. The zero-order chi connectivity index (χ0) is 17.0. The van der Waals surface area contributed by atoms with Crippen LogP contribution in [0.3, 0.4) is 0 Å². The number of allylic oxidation sites excluding steroid dienone is 4. The molecule has 124 valence electrons. The molecule has 4 N–H and O–H groups in total. The van der Waals surface area contributed by atoms with E-state index < -0.39 is 13.7 Å². The number of hydrogen-bond acceptors (Lipinski definition) is 3. The Morgan fingerprint density at radius 2 is 1.87 bits per heavy atom. The third kappa shape index (κ3) is 4.79. The maximum absolute atomic E-state index is 11.2. The van der Waals surface area contributed by atoms with Crippen molar-refractivity contribution in [3.63, 3.8) is 0 Å². The average molecular weight is 337 g/mol. The number of aliphatic hydroxyl groups excluding tert-OH is 1. The van der Waals surface area contributed by atoms with Gasteiger partial charge in [-0.25, -0.2) is 4.57 Å². The number of aliphatic hydroxyl groups is 1. The number of phenols is 1. The summed E-state index contributed by atoms with van der Waals surface area (Å²) in [6.45, 7) is 2.00. The van der Waals surface area contributed by atoms with Crippen molar-refractivity contribution in [2.75, 3.05) is 0 Å². The van der Waals surface area contributed by atoms with E-state index >= 15 is 0 Å². The molecule has 0 aliphatic heterocycles. The van der Waals surface area contributed by atoms with Crippen LogP contribution in [0, 0.1) is 5.92 Å². The zero-order valence-corrected chi connectivity index (χ0v) is 13.6. The molecule has 1 aliphatic rings. The summed E-state index contributed by atoms with van der Waals surface area (Å²) in [6, 6.07) is 6.81. The molecule has 0 amide bonds. The smallest absolute Gasteiger partial charge is 0.448 e. The molecule has 0 bridgehead atoms. The first-order valence-corrected chi connectivity index (χ1v) is 8.88. The van der Waals surface area contributed by atoms with Crippen molar-refractivity contribution < 1.29 is 24.6 Å². The van der Waals surface area contributed by atoms with Crippen LogP contribution in [0.2, 0.25) is 0 Å². The summed E-state index contributed by atoms with van der Waals surface area (Å²) in [5, 5.41) is 19.5. The molecule has 1 aliphatic carbocycles. The van der Waals surface area contributed by atoms with Crippen LogP contribution in [0.5, 0.6) is 5.75 Å². The van der Waals surface area contributed by atoms with Crippen molar-refractivity contribution in [3.05, 3.63) is 53.8 Å². The molecule has 1 aromatic carbocycles. The summed E-state index contributed by atoms with van der Waals surface area (Å²) in [4.78, 5) is 18.1. The van der Waals surface area contributed by atoms with Crippen LogP contribution in [0.25, 0.3) is 0 Å². The van der Waals surface area contributed by atoms with E-state index in [1.165, 1.54) is 18.2 Å². The van der Waals surface area contributed by atoms with Gasteiger partial charge in [0, 0.05) is 0 Å². The minimum absolute atomic E-state index is 0.0388. The lowest BCUT2D eigenvalue weighted by Crippen LogP contribution is -2.20. The lowest BCUT2D eigenvalue weighted by Gasteiger charge is -2.24. The summed E-state index contributed by atoms with van der Waals surface area (Å²) < 4.78 is 14.6. The van der Waals surface area contributed by atoms with Crippen LogP contribution in [0.4, 0.5) is 0 Å². The van der Waals surface area contributed by atoms with Gasteiger partial charge in [0.05, 0.1) is 11.6 Å². The van der Waals surface area contributed by atoms with E-state index in [1.54, 1.807) is 12.1 Å². The van der Waals surface area contributed by atoms with Gasteiger partial charge in [-0.3, -0.25) is 0 Å². The van der Waals surface area contributed by atoms with Crippen LogP contribution >= 0.6 is 7.75 Å². The molecule has 0 heterocycles. The fourth-order valence-corrected chi connectivity index (χ4v) is 3.20. The second kappa shape index (κ2) is 7.13. The molecule has 0 aromatic heterocycles. The predicted octanol–water partition coefficient (Wildman–Crippen LogP) is 3.44. The van der Waals surface area contributed by atoms with Crippen molar-refractivity contribution >= 4 is 13.5 Å². The molecule has 2 atom stereocenters. The highest BCUT2D eigenvalue weighted by atomic mass is 31.2. The maximum atomic E-state index is 11.2. The Kier molecular flexibility index (Phi) is 5.42. The van der Waals surface area contributed by atoms with Gasteiger partial charge in [-0.15, -0.1) is 0 Å². The summed E-state index contributed by atoms with van der Waals surface area (Å²) in [5.74, 6) is -0.288. The standard InChI is InChI=1S/C16H20NO5P/c1-2-11(12-6-8-13(18)9-7-12)10-14-15(17-23(20,21)22)4-3-5-16(14)19/h3-9,11,14,18-19H,2,10H2,1H3,(H2,20,21,22)/b17-15+. The van der Waals surface area contributed by atoms with Gasteiger partial charge in [-0.2, -0.15) is 4.76 Å². The largest absolute Gasteiger partial charge is 0.512 e. The third-order valence-corrected chi connectivity index (χ3v) is 4.36. The molecule has 2 unspecified atom stereocenters. The normalized spacial score (nSPS) is 21.3. The minimum atomic E-state index is -4.56. The van der Waals surface area contributed by atoms with E-state index in [1.807, 2.05) is 19.1 Å². The number of benzene rings is 1. The van der Waals surface area contributed by atoms with Crippen LogP contribution < -0.4 is 0 Å². The van der Waals surface area contributed by atoms with Crippen molar-refractivity contribution in [2.45, 2.75) is 25.7 Å². The molecular weight excluding hydrogens is 317 g/mol. The number of hydrogen-bond donors (Lipinski definition) is 4. The fraction of sp³-hybridized carbons (Fsp3) is 0.312. The van der Waals surface area contributed by atoms with E-state index in [9.17, 15) is 14.8 Å². The summed E-state index contributed by atoms with van der Waals surface area (Å²) in [6.07, 6.45) is 5.77. The molecule has 2 rings (SSSR count). The van der Waals surface area contributed by atoms with Crippen molar-refractivity contribution in [2.24, 2.45) is 10.7 Å². The summed E-state index contributed by atoms with van der Waals surface area (Å²) in [7, 11) is -4.56. The topological polar surface area (TPSA) is 110 Å². The Labute approximate surface area is 134 Å². The highest BCUT2D eigenvalue weighted by Gasteiger charge is 2.27. The van der Waals surface area contributed by atoms with E-state index in [4.69, 9.17) is 9.79 Å². The number of aromatic hydroxyl groups is 1. The first-order chi connectivity index (χ1) is 10.8. The maximum Gasteiger partial charge on any atom is 0.448 e. The molecule has 1 aromatic rings. The molecule has 23 heavy (non-hydrogen) atoms. The van der Waals surface area contributed by atoms with Crippen LogP contribution in [-0.2, 0) is 4.57 Å². The van der Waals surface area contributed by atoms with Crippen LogP contribution in [-0.4, -0.2) is 25.7 Å². The van der Waals surface area contributed by atoms with Gasteiger partial charge in [-0.1, -0.05) is 25.1 Å². The van der Waals surface area contributed by atoms with Crippen LogP contribution in [0.15, 0.2) is 53.0 Å². The fourth-order valence-electron chi connectivity index (χ4n) is 2.69. The Hall–Kier alpha value is -1.88. The second-order valence-electron chi connectivity index (χ2n) is 5.47. The SMILES string of the molecule is CCC(CC1C(O)=CC=C/C1=N\P(=O)(O)O)c1ccc(O)cc1. The van der Waals surface area contributed by atoms with E-state index in [0.717, 1.165) is 12.0 Å². The predicted molar refractivity (Wildman–Crippen MR) is 88.6 cm³/mol. The minimum Gasteiger partial charge on any atom is -0.512 e. The number of phenolic OH excluding ortho intramolecular Hbond substituents is 1. The van der Waals surface area contributed by atoms with E-state index in [-0.39, 0.29) is 23.1 Å². The van der Waals surface area contributed by atoms with E-state index in [2.05, 4.69) is 4.76 Å². The van der Waals surface area contributed by atoms with Gasteiger partial charge in [-0.05, 0) is 48.6 Å². The highest BCUT2D eigenvalue weighted by Crippen LogP contribution is 2.40. The van der Waals surface area contributed by atoms with Gasteiger partial charge in [0.1, 0.15) is 11.5 Å². The average Bonchev–Trinajstić information content (AvgIpc) is 2.47. The zero-order valence-electron chi connectivity index (χ0n) is 12.7. The van der Waals surface area contributed by atoms with Crippen molar-refractivity contribution in [3.8, 4) is 5.75 Å². The number of rotatable bonds is 5. The third-order valence-electron chi connectivity index (χ3n) is 3.87. The lowest BCUT2D eigenvalue weighted by molar-refractivity contribution is 0.344. The van der Waals surface area contributed by atoms with Crippen molar-refractivity contribution in [1.29, 1.82) is 0 Å². The lowest BCUT2D eigenvalue weighted by atomic mass is 9.82. The van der Waals surface area contributed by atoms with E-state index in [0.29, 0.717) is 6.42 Å². The molecule has 0 spiro atoms. The van der Waals surface area contributed by atoms with Gasteiger partial charge >= 0.3 is 7.75 Å². The van der Waals surface area contributed by atoms with Gasteiger partial charge in [0.25, 0.3) is 0 Å². The molecule has 0 saturated heterocycles. The first-order valence-electron chi connectivity index (χ1n) is 7.32.